The number of ether oxygens (including phenoxy) is 4. The van der Waals surface area contributed by atoms with E-state index >= 15 is 0 Å². The Labute approximate surface area is 434 Å². The standard InChI is InChI=1S/2C26H36N6O4Si/c1-5-36-25(33)24-20(16-32(31-24)17-35-12-13-37(2,3)4)18-14-22-21(27-15-18)10-11-23(29-22)30-26(34)28-19-8-6-7-9-19;1-5-36-25(33)24-20(16-28-32(24)17-35-12-13-37(2,3)4)18-14-22-21(27-15-18)10-11-23(30-22)31-26(34)29-19-8-6-7-9-19/h10-11,14-16,19H,5-9,12-13,17H2,1-4H3,(H2,28,29,30,34);10-11,14-16,19H,5-9,12-13,17H2,1-4H3,(H2,29,30,31,34). The molecule has 0 spiro atoms. The number of carbonyl (C=O) groups excluding carboxylic acids is 4. The van der Waals surface area contributed by atoms with Crippen LogP contribution >= 0.6 is 0 Å². The summed E-state index contributed by atoms with van der Waals surface area (Å²) in [7, 11) is -2.44. The molecule has 396 valence electrons. The molecule has 0 bridgehead atoms. The van der Waals surface area contributed by atoms with Gasteiger partial charge in [-0.2, -0.15) is 10.2 Å². The number of esters is 2. The third-order valence-electron chi connectivity index (χ3n) is 12.5. The van der Waals surface area contributed by atoms with Crippen LogP contribution in [0.5, 0.6) is 0 Å². The van der Waals surface area contributed by atoms with Gasteiger partial charge in [-0.05, 0) is 88.0 Å². The molecular formula is C52H72N12O8Si2. The second-order valence-electron chi connectivity index (χ2n) is 21.1. The largest absolute Gasteiger partial charge is 0.461 e. The van der Waals surface area contributed by atoms with Crippen LogP contribution in [-0.4, -0.2) is 118 Å². The molecule has 8 rings (SSSR count). The first-order chi connectivity index (χ1) is 35.4. The van der Waals surface area contributed by atoms with Crippen molar-refractivity contribution in [2.24, 2.45) is 0 Å². The first kappa shape index (κ1) is 55.1. The van der Waals surface area contributed by atoms with E-state index < -0.39 is 28.1 Å². The van der Waals surface area contributed by atoms with Gasteiger partial charge in [-0.3, -0.25) is 20.6 Å². The maximum Gasteiger partial charge on any atom is 0.359 e. The summed E-state index contributed by atoms with van der Waals surface area (Å²) >= 11 is 0. The van der Waals surface area contributed by atoms with E-state index in [9.17, 15) is 19.2 Å². The van der Waals surface area contributed by atoms with Crippen LogP contribution in [-0.2, 0) is 32.4 Å². The van der Waals surface area contributed by atoms with Crippen molar-refractivity contribution in [3.63, 3.8) is 0 Å². The van der Waals surface area contributed by atoms with E-state index in [4.69, 9.17) is 18.9 Å². The number of hydrogen-bond acceptors (Lipinski definition) is 14. The molecule has 6 heterocycles. The lowest BCUT2D eigenvalue weighted by Gasteiger charge is -2.16. The zero-order valence-electron chi connectivity index (χ0n) is 44.1. The molecule has 0 radical (unpaired) electrons. The van der Waals surface area contributed by atoms with Gasteiger partial charge in [-0.25, -0.2) is 38.5 Å². The van der Waals surface area contributed by atoms with Gasteiger partial charge in [0.15, 0.2) is 11.4 Å². The molecular weight excluding hydrogens is 977 g/mol. The van der Waals surface area contributed by atoms with Crippen molar-refractivity contribution in [2.45, 2.75) is 142 Å². The van der Waals surface area contributed by atoms with Crippen molar-refractivity contribution >= 4 is 73.9 Å². The highest BCUT2D eigenvalue weighted by Crippen LogP contribution is 2.29. The fourth-order valence-electron chi connectivity index (χ4n) is 8.49. The Morgan fingerprint density at radius 2 is 1.11 bits per heavy atom. The zero-order chi connectivity index (χ0) is 52.8. The van der Waals surface area contributed by atoms with Gasteiger partial charge >= 0.3 is 24.0 Å². The highest BCUT2D eigenvalue weighted by Gasteiger charge is 2.25. The van der Waals surface area contributed by atoms with E-state index in [2.05, 4.69) is 90.7 Å². The number of fused-ring (bicyclic) bond motifs is 2. The van der Waals surface area contributed by atoms with Crippen LogP contribution < -0.4 is 21.3 Å². The van der Waals surface area contributed by atoms with Gasteiger partial charge in [0.2, 0.25) is 0 Å². The summed E-state index contributed by atoms with van der Waals surface area (Å²) in [4.78, 5) is 68.5. The van der Waals surface area contributed by atoms with Gasteiger partial charge in [0.1, 0.15) is 25.1 Å². The number of rotatable bonds is 20. The highest BCUT2D eigenvalue weighted by molar-refractivity contribution is 6.76. The minimum absolute atomic E-state index is 0.155. The third-order valence-corrected chi connectivity index (χ3v) is 15.9. The monoisotopic (exact) mass is 1050 g/mol. The number of aromatic nitrogens is 8. The second kappa shape index (κ2) is 25.5. The van der Waals surface area contributed by atoms with Crippen molar-refractivity contribution in [3.05, 3.63) is 72.6 Å². The lowest BCUT2D eigenvalue weighted by Crippen LogP contribution is -2.36. The Hall–Kier alpha value is -6.63. The molecule has 0 aliphatic heterocycles. The summed E-state index contributed by atoms with van der Waals surface area (Å²) in [6.07, 6.45) is 15.3. The molecule has 6 aromatic rings. The van der Waals surface area contributed by atoms with Crippen molar-refractivity contribution in [2.75, 3.05) is 37.1 Å². The van der Waals surface area contributed by atoms with Crippen LogP contribution in [0.15, 0.2) is 61.2 Å². The first-order valence-corrected chi connectivity index (χ1v) is 33.2. The van der Waals surface area contributed by atoms with E-state index in [1.54, 1.807) is 67.6 Å². The molecule has 0 atom stereocenters. The summed E-state index contributed by atoms with van der Waals surface area (Å²) in [5.74, 6) is -0.126. The smallest absolute Gasteiger partial charge is 0.359 e. The van der Waals surface area contributed by atoms with Crippen molar-refractivity contribution in [1.82, 2.24) is 50.1 Å². The highest BCUT2D eigenvalue weighted by atomic mass is 28.3. The lowest BCUT2D eigenvalue weighted by atomic mass is 10.1. The minimum atomic E-state index is -1.23. The van der Waals surface area contributed by atoms with Crippen LogP contribution in [0.3, 0.4) is 0 Å². The molecule has 74 heavy (non-hydrogen) atoms. The van der Waals surface area contributed by atoms with Gasteiger partial charge in [0.25, 0.3) is 0 Å². The minimum Gasteiger partial charge on any atom is -0.461 e. The van der Waals surface area contributed by atoms with Crippen molar-refractivity contribution < 1.29 is 38.1 Å². The van der Waals surface area contributed by atoms with E-state index in [1.807, 2.05) is 12.1 Å². The summed E-state index contributed by atoms with van der Waals surface area (Å²) < 4.78 is 25.3. The molecule has 2 fully saturated rings. The summed E-state index contributed by atoms with van der Waals surface area (Å²) in [5, 5.41) is 20.5. The Morgan fingerprint density at radius 3 is 1.61 bits per heavy atom. The number of anilines is 2. The fourth-order valence-corrected chi connectivity index (χ4v) is 10.0. The number of nitrogens with zero attached hydrogens (tertiary/aromatic N) is 8. The van der Waals surface area contributed by atoms with Crippen LogP contribution in [0.4, 0.5) is 21.2 Å². The predicted octanol–water partition coefficient (Wildman–Crippen LogP) is 10.1. The Bertz CT molecular complexity index is 2770. The summed E-state index contributed by atoms with van der Waals surface area (Å²) in [5.41, 5.74) is 5.53. The summed E-state index contributed by atoms with van der Waals surface area (Å²) in [6, 6.07) is 12.7. The van der Waals surface area contributed by atoms with Crippen LogP contribution in [0, 0.1) is 0 Å². The van der Waals surface area contributed by atoms with Gasteiger partial charge in [0.05, 0.1) is 41.5 Å². The third kappa shape index (κ3) is 15.9. The quantitative estimate of drug-likeness (QED) is 0.0316. The SMILES string of the molecule is CCOC(=O)c1c(-c2cnc3ccc(NC(=O)NC4CCCC4)nc3c2)cnn1COCC[Si](C)(C)C.CCOC(=O)c1nn(COCC[Si](C)(C)C)cc1-c1cnc2ccc(NC(=O)NC3CCCC3)nc2c1. The number of hydrogen-bond donors (Lipinski definition) is 4. The maximum absolute atomic E-state index is 12.9. The molecule has 0 saturated heterocycles. The predicted molar refractivity (Wildman–Crippen MR) is 290 cm³/mol. The van der Waals surface area contributed by atoms with E-state index in [0.29, 0.717) is 74.9 Å². The fraction of sp³-hybridized carbons (Fsp3) is 0.500. The first-order valence-electron chi connectivity index (χ1n) is 25.8. The normalized spacial score (nSPS) is 14.2. The Balaban J connectivity index is 0.000000216. The Morgan fingerprint density at radius 1 is 0.622 bits per heavy atom. The molecule has 2 saturated carbocycles. The van der Waals surface area contributed by atoms with E-state index in [0.717, 1.165) is 63.5 Å². The van der Waals surface area contributed by atoms with Gasteiger partial charge < -0.3 is 29.6 Å². The maximum atomic E-state index is 12.9. The number of pyridine rings is 4. The average Bonchev–Trinajstić information content (AvgIpc) is 4.20. The number of carbonyl (C=O) groups is 4. The number of urea groups is 2. The molecule has 0 unspecified atom stereocenters. The van der Waals surface area contributed by atoms with Crippen LogP contribution in [0.1, 0.15) is 86.2 Å². The Kier molecular flexibility index (Phi) is 19.0. The molecule has 20 nitrogen and oxygen atoms in total. The van der Waals surface area contributed by atoms with Gasteiger partial charge in [-0.1, -0.05) is 65.0 Å². The summed E-state index contributed by atoms with van der Waals surface area (Å²) in [6.45, 7) is 19.4. The second-order valence-corrected chi connectivity index (χ2v) is 32.3. The molecule has 4 amide bonds. The molecule has 2 aliphatic rings. The van der Waals surface area contributed by atoms with E-state index in [1.165, 1.54) is 4.68 Å². The average molecular weight is 1050 g/mol. The molecule has 2 aliphatic carbocycles. The van der Waals surface area contributed by atoms with E-state index in [-0.39, 0.29) is 56.5 Å². The number of amides is 4. The molecule has 0 aromatic carbocycles. The van der Waals surface area contributed by atoms with Gasteiger partial charge in [0, 0.05) is 82.3 Å². The van der Waals surface area contributed by atoms with Crippen LogP contribution in [0.2, 0.25) is 51.4 Å². The molecule has 22 heteroatoms. The van der Waals surface area contributed by atoms with Crippen molar-refractivity contribution in [1.29, 1.82) is 0 Å². The van der Waals surface area contributed by atoms with Crippen LogP contribution in [0.25, 0.3) is 44.3 Å². The topological polar surface area (TPSA) is 241 Å². The zero-order valence-corrected chi connectivity index (χ0v) is 46.1. The molecule has 6 aromatic heterocycles. The number of nitrogens with one attached hydrogen (secondary N) is 4. The van der Waals surface area contributed by atoms with Gasteiger partial charge in [-0.15, -0.1) is 0 Å². The molecule has 4 N–H and O–H groups in total. The lowest BCUT2D eigenvalue weighted by molar-refractivity contribution is 0.0455. The van der Waals surface area contributed by atoms with Crippen molar-refractivity contribution in [3.8, 4) is 22.3 Å².